The minimum Gasteiger partial charge on any atom is -0.343 e. The third kappa shape index (κ3) is 1.05. The smallest absolute Gasteiger partial charge is 0.259 e. The van der Waals surface area contributed by atoms with Crippen LogP contribution in [0.15, 0.2) is 0 Å². The molecule has 3 saturated heterocycles. The van der Waals surface area contributed by atoms with Crippen LogP contribution in [0.1, 0.15) is 19.8 Å². The van der Waals surface area contributed by atoms with Crippen molar-refractivity contribution >= 4 is 0 Å². The highest BCUT2D eigenvalue weighted by Gasteiger charge is 2.33. The Hall–Kier alpha value is -0.120. The maximum Gasteiger partial charge on any atom is 0.259 e. The summed E-state index contributed by atoms with van der Waals surface area (Å²) >= 11 is 0. The summed E-state index contributed by atoms with van der Waals surface area (Å²) < 4.78 is 5.28. The highest BCUT2D eigenvalue weighted by atomic mass is 17.2. The van der Waals surface area contributed by atoms with Gasteiger partial charge in [-0.3, -0.25) is 0 Å². The molecule has 2 bridgehead atoms. The minimum absolute atomic E-state index is 0.242. The Morgan fingerprint density at radius 1 is 1.50 bits per heavy atom. The summed E-state index contributed by atoms with van der Waals surface area (Å²) in [5, 5.41) is 0. The maximum atomic E-state index is 5.28. The van der Waals surface area contributed by atoms with Gasteiger partial charge in [0.15, 0.2) is 0 Å². The lowest BCUT2D eigenvalue weighted by atomic mass is 10.0. The van der Waals surface area contributed by atoms with Gasteiger partial charge in [0.25, 0.3) is 6.29 Å². The summed E-state index contributed by atoms with van der Waals surface area (Å²) in [5.41, 5.74) is 0. The second-order valence-corrected chi connectivity index (χ2v) is 2.92. The van der Waals surface area contributed by atoms with Crippen molar-refractivity contribution in [1.82, 2.24) is 0 Å². The number of hydrogen-bond acceptors (Lipinski definition) is 3. The van der Waals surface area contributed by atoms with Gasteiger partial charge in [0.1, 0.15) is 0 Å². The summed E-state index contributed by atoms with van der Waals surface area (Å²) in [6.45, 7) is 2.85. The average Bonchev–Trinajstić information content (AvgIpc) is 2.24. The van der Waals surface area contributed by atoms with Crippen molar-refractivity contribution in [3.63, 3.8) is 0 Å². The van der Waals surface area contributed by atoms with Crippen molar-refractivity contribution < 1.29 is 14.5 Å². The molecule has 3 rings (SSSR count). The molecule has 2 atom stereocenters. The number of rotatable bonds is 0. The monoisotopic (exact) mass is 143 g/mol. The summed E-state index contributed by atoms with van der Waals surface area (Å²) in [4.78, 5) is 9.92. The van der Waals surface area contributed by atoms with Crippen LogP contribution < -0.4 is 0 Å². The van der Waals surface area contributed by atoms with Crippen molar-refractivity contribution in [3.8, 4) is 0 Å². The Balaban J connectivity index is 2.07. The first-order valence-corrected chi connectivity index (χ1v) is 3.68. The molecule has 0 aromatic rings. The van der Waals surface area contributed by atoms with E-state index in [1.54, 1.807) is 0 Å². The number of ether oxygens (including phenoxy) is 1. The molecule has 3 heteroatoms. The molecule has 0 N–H and O–H groups in total. The van der Waals surface area contributed by atoms with Crippen molar-refractivity contribution in [3.05, 3.63) is 6.29 Å². The van der Waals surface area contributed by atoms with Crippen LogP contribution in [0.2, 0.25) is 0 Å². The van der Waals surface area contributed by atoms with Crippen LogP contribution in [-0.2, 0) is 14.5 Å². The van der Waals surface area contributed by atoms with E-state index in [0.717, 1.165) is 19.4 Å². The molecule has 3 aliphatic rings. The maximum absolute atomic E-state index is 5.28. The Morgan fingerprint density at radius 2 is 2.40 bits per heavy atom. The first-order chi connectivity index (χ1) is 4.86. The van der Waals surface area contributed by atoms with Gasteiger partial charge in [0.05, 0.1) is 12.7 Å². The van der Waals surface area contributed by atoms with Crippen LogP contribution in [-0.4, -0.2) is 12.7 Å². The van der Waals surface area contributed by atoms with Gasteiger partial charge in [0.2, 0.25) is 0 Å². The molecule has 0 aromatic heterocycles. The Morgan fingerprint density at radius 3 is 3.10 bits per heavy atom. The predicted octanol–water partition coefficient (Wildman–Crippen LogP) is 1.25. The van der Waals surface area contributed by atoms with Gasteiger partial charge in [-0.25, -0.2) is 4.89 Å². The predicted molar refractivity (Wildman–Crippen MR) is 33.6 cm³/mol. The lowest BCUT2D eigenvalue weighted by Crippen LogP contribution is -2.24. The molecule has 0 aromatic carbocycles. The molecule has 10 heavy (non-hydrogen) atoms. The molecule has 3 aliphatic heterocycles. The van der Waals surface area contributed by atoms with E-state index in [1.165, 1.54) is 0 Å². The fraction of sp³-hybridized carbons (Fsp3) is 0.857. The van der Waals surface area contributed by atoms with Gasteiger partial charge >= 0.3 is 0 Å². The van der Waals surface area contributed by atoms with Crippen molar-refractivity contribution in [2.24, 2.45) is 5.92 Å². The van der Waals surface area contributed by atoms with Crippen LogP contribution in [0.25, 0.3) is 0 Å². The third-order valence-corrected chi connectivity index (χ3v) is 2.04. The molecule has 57 valence electrons. The van der Waals surface area contributed by atoms with Gasteiger partial charge in [0, 0.05) is 12.3 Å². The third-order valence-electron chi connectivity index (χ3n) is 2.04. The van der Waals surface area contributed by atoms with E-state index < -0.39 is 0 Å². The summed E-state index contributed by atoms with van der Waals surface area (Å²) in [7, 11) is 0. The van der Waals surface area contributed by atoms with Gasteiger partial charge in [-0.15, -0.1) is 0 Å². The van der Waals surface area contributed by atoms with Crippen molar-refractivity contribution in [2.45, 2.75) is 25.9 Å². The van der Waals surface area contributed by atoms with E-state index in [2.05, 4.69) is 6.92 Å². The van der Waals surface area contributed by atoms with Crippen molar-refractivity contribution in [1.29, 1.82) is 0 Å². The number of fused-ring (bicyclic) bond motifs is 4. The van der Waals surface area contributed by atoms with E-state index in [4.69, 9.17) is 14.5 Å². The molecule has 0 spiro atoms. The van der Waals surface area contributed by atoms with E-state index in [-0.39, 0.29) is 6.10 Å². The fourth-order valence-corrected chi connectivity index (χ4v) is 1.27. The van der Waals surface area contributed by atoms with Crippen LogP contribution in [0.5, 0.6) is 0 Å². The lowest BCUT2D eigenvalue weighted by molar-refractivity contribution is -0.360. The Labute approximate surface area is 60.2 Å². The second kappa shape index (κ2) is 2.49. The summed E-state index contributed by atoms with van der Waals surface area (Å²) in [5.74, 6) is 0.458. The van der Waals surface area contributed by atoms with E-state index in [9.17, 15) is 0 Å². The summed E-state index contributed by atoms with van der Waals surface area (Å²) in [6.07, 6.45) is 2.83. The molecule has 3 fully saturated rings. The van der Waals surface area contributed by atoms with Gasteiger partial charge in [-0.1, -0.05) is 6.92 Å². The first kappa shape index (κ1) is 6.58. The van der Waals surface area contributed by atoms with E-state index in [1.807, 2.05) is 0 Å². The quantitative estimate of drug-likeness (QED) is 0.478. The highest BCUT2D eigenvalue weighted by Crippen LogP contribution is 2.31. The largest absolute Gasteiger partial charge is 0.343 e. The van der Waals surface area contributed by atoms with Gasteiger partial charge < -0.3 is 4.74 Å². The zero-order chi connectivity index (χ0) is 6.97. The normalized spacial score (nSPS) is 41.7. The second-order valence-electron chi connectivity index (χ2n) is 2.92. The molecule has 1 radical (unpaired) electrons. The number of hydrogen-bond donors (Lipinski definition) is 0. The molecular weight excluding hydrogens is 132 g/mol. The lowest BCUT2D eigenvalue weighted by Gasteiger charge is -2.21. The SMILES string of the molecule is CC1CO[C]2CCC1OO2. The average molecular weight is 143 g/mol. The van der Waals surface area contributed by atoms with E-state index in [0.29, 0.717) is 12.2 Å². The summed E-state index contributed by atoms with van der Waals surface area (Å²) in [6, 6.07) is 0. The highest BCUT2D eigenvalue weighted by molar-refractivity contribution is 4.79. The van der Waals surface area contributed by atoms with Gasteiger partial charge in [-0.05, 0) is 6.42 Å². The molecule has 3 heterocycles. The molecular formula is C7H11O3. The Kier molecular flexibility index (Phi) is 1.64. The standard InChI is InChI=1S/C7H11O3/c1-5-4-8-7-3-2-6(5)9-10-7/h5-6H,2-4H2,1H3. The first-order valence-electron chi connectivity index (χ1n) is 3.68. The molecule has 2 unspecified atom stereocenters. The van der Waals surface area contributed by atoms with Crippen LogP contribution in [0, 0.1) is 12.2 Å². The zero-order valence-electron chi connectivity index (χ0n) is 6.00. The van der Waals surface area contributed by atoms with Crippen LogP contribution in [0.3, 0.4) is 0 Å². The fourth-order valence-electron chi connectivity index (χ4n) is 1.27. The van der Waals surface area contributed by atoms with Crippen LogP contribution >= 0.6 is 0 Å². The molecule has 0 aliphatic carbocycles. The molecule has 0 amide bonds. The van der Waals surface area contributed by atoms with Crippen molar-refractivity contribution in [2.75, 3.05) is 6.61 Å². The topological polar surface area (TPSA) is 27.7 Å². The van der Waals surface area contributed by atoms with Crippen LogP contribution in [0.4, 0.5) is 0 Å². The molecule has 3 nitrogen and oxygen atoms in total. The zero-order valence-corrected chi connectivity index (χ0v) is 6.00. The van der Waals surface area contributed by atoms with Gasteiger partial charge in [-0.2, -0.15) is 4.89 Å². The minimum atomic E-state index is 0.242. The van der Waals surface area contributed by atoms with E-state index >= 15 is 0 Å². The molecule has 0 saturated carbocycles. The Bertz CT molecular complexity index is 118.